The molecule has 2 aromatic carbocycles. The first-order valence-corrected chi connectivity index (χ1v) is 6.69. The molecule has 3 N–H and O–H groups in total. The van der Waals surface area contributed by atoms with Crippen molar-refractivity contribution in [2.75, 3.05) is 0 Å². The molecule has 0 aliphatic heterocycles. The van der Waals surface area contributed by atoms with E-state index < -0.39 is 23.2 Å². The lowest BCUT2D eigenvalue weighted by Crippen LogP contribution is -2.14. The Morgan fingerprint density at radius 3 is 2.43 bits per heavy atom. The molecule has 0 bridgehead atoms. The molecule has 0 amide bonds. The molecule has 8 heteroatoms. The summed E-state index contributed by atoms with van der Waals surface area (Å²) < 4.78 is 33.6. The van der Waals surface area contributed by atoms with Crippen LogP contribution in [0.15, 0.2) is 40.0 Å². The van der Waals surface area contributed by atoms with Gasteiger partial charge in [-0.05, 0) is 30.3 Å². The SMILES string of the molecule is N/C(=N/O)c1cc(F)c(Oc2cc(Br)ccc2Cl)c(F)c1. The van der Waals surface area contributed by atoms with Gasteiger partial charge in [-0.2, -0.15) is 0 Å². The molecule has 0 heterocycles. The highest BCUT2D eigenvalue weighted by Crippen LogP contribution is 2.34. The van der Waals surface area contributed by atoms with Crippen molar-refractivity contribution in [3.8, 4) is 11.5 Å². The third-order valence-corrected chi connectivity index (χ3v) is 3.31. The average Bonchev–Trinajstić information content (AvgIpc) is 2.45. The number of rotatable bonds is 3. The molecule has 0 fully saturated rings. The Labute approximate surface area is 131 Å². The lowest BCUT2D eigenvalue weighted by atomic mass is 10.2. The number of benzene rings is 2. The second kappa shape index (κ2) is 6.28. The number of nitrogens with two attached hydrogens (primary N) is 1. The second-order valence-corrected chi connectivity index (χ2v) is 5.25. The molecule has 2 rings (SSSR count). The lowest BCUT2D eigenvalue weighted by molar-refractivity contribution is 0.318. The van der Waals surface area contributed by atoms with Gasteiger partial charge >= 0.3 is 0 Å². The van der Waals surface area contributed by atoms with Crippen LogP contribution in [0.5, 0.6) is 11.5 Å². The first-order chi connectivity index (χ1) is 9.92. The predicted octanol–water partition coefficient (Wildman–Crippen LogP) is 4.27. The first kappa shape index (κ1) is 15.5. The van der Waals surface area contributed by atoms with E-state index in [4.69, 9.17) is 27.3 Å². The summed E-state index contributed by atoms with van der Waals surface area (Å²) in [5.74, 6) is -2.98. The first-order valence-electron chi connectivity index (χ1n) is 5.52. The molecule has 0 aliphatic carbocycles. The molecular weight excluding hydrogens is 370 g/mol. The molecule has 0 unspecified atom stereocenters. The maximum absolute atomic E-state index is 13.9. The van der Waals surface area contributed by atoms with Crippen LogP contribution in [0.25, 0.3) is 0 Å². The Kier molecular flexibility index (Phi) is 4.64. The minimum absolute atomic E-state index is 0.0837. The highest BCUT2D eigenvalue weighted by Gasteiger charge is 2.16. The van der Waals surface area contributed by atoms with Crippen molar-refractivity contribution in [1.29, 1.82) is 0 Å². The van der Waals surface area contributed by atoms with Gasteiger partial charge in [0.25, 0.3) is 0 Å². The molecule has 4 nitrogen and oxygen atoms in total. The summed E-state index contributed by atoms with van der Waals surface area (Å²) >= 11 is 9.09. The van der Waals surface area contributed by atoms with Gasteiger partial charge in [0.1, 0.15) is 5.75 Å². The molecule has 21 heavy (non-hydrogen) atoms. The lowest BCUT2D eigenvalue weighted by Gasteiger charge is -2.11. The quantitative estimate of drug-likeness (QED) is 0.363. The van der Waals surface area contributed by atoms with Crippen LogP contribution in [-0.4, -0.2) is 11.0 Å². The third kappa shape index (κ3) is 3.43. The van der Waals surface area contributed by atoms with Gasteiger partial charge < -0.3 is 15.7 Å². The van der Waals surface area contributed by atoms with E-state index in [1.54, 1.807) is 6.07 Å². The van der Waals surface area contributed by atoms with Crippen LogP contribution in [0, 0.1) is 11.6 Å². The highest BCUT2D eigenvalue weighted by molar-refractivity contribution is 9.10. The molecule has 0 saturated carbocycles. The summed E-state index contributed by atoms with van der Waals surface area (Å²) in [6.45, 7) is 0. The van der Waals surface area contributed by atoms with Crippen LogP contribution in [-0.2, 0) is 0 Å². The van der Waals surface area contributed by atoms with E-state index in [2.05, 4.69) is 21.1 Å². The summed E-state index contributed by atoms with van der Waals surface area (Å²) in [4.78, 5) is 0. The highest BCUT2D eigenvalue weighted by atomic mass is 79.9. The molecule has 2 aromatic rings. The number of amidine groups is 1. The zero-order valence-corrected chi connectivity index (χ0v) is 12.6. The molecule has 0 atom stereocenters. The van der Waals surface area contributed by atoms with Gasteiger partial charge in [-0.3, -0.25) is 0 Å². The summed E-state index contributed by atoms with van der Waals surface area (Å²) in [5, 5.41) is 11.4. The van der Waals surface area contributed by atoms with Crippen LogP contribution in [0.3, 0.4) is 0 Å². The number of nitrogens with zero attached hydrogens (tertiary/aromatic N) is 1. The van der Waals surface area contributed by atoms with Gasteiger partial charge in [0.15, 0.2) is 23.2 Å². The number of ether oxygens (including phenoxy) is 1. The monoisotopic (exact) mass is 376 g/mol. The smallest absolute Gasteiger partial charge is 0.198 e. The minimum Gasteiger partial charge on any atom is -0.450 e. The van der Waals surface area contributed by atoms with E-state index in [9.17, 15) is 8.78 Å². The number of oxime groups is 1. The number of hydrogen-bond donors (Lipinski definition) is 2. The van der Waals surface area contributed by atoms with Crippen LogP contribution in [0.2, 0.25) is 5.02 Å². The van der Waals surface area contributed by atoms with E-state index in [1.165, 1.54) is 12.1 Å². The zero-order valence-electron chi connectivity index (χ0n) is 10.3. The molecule has 110 valence electrons. The van der Waals surface area contributed by atoms with Crippen molar-refractivity contribution in [2.45, 2.75) is 0 Å². The van der Waals surface area contributed by atoms with Gasteiger partial charge in [0.2, 0.25) is 0 Å². The molecule has 0 aliphatic rings. The fourth-order valence-corrected chi connectivity index (χ4v) is 2.02. The van der Waals surface area contributed by atoms with Crippen molar-refractivity contribution in [2.24, 2.45) is 10.9 Å². The van der Waals surface area contributed by atoms with Crippen molar-refractivity contribution in [3.63, 3.8) is 0 Å². The molecule has 0 spiro atoms. The number of halogens is 4. The van der Waals surface area contributed by atoms with Gasteiger partial charge in [0, 0.05) is 10.0 Å². The average molecular weight is 378 g/mol. The Balaban J connectivity index is 2.43. The Hall–Kier alpha value is -1.86. The summed E-state index contributed by atoms with van der Waals surface area (Å²) in [6.07, 6.45) is 0. The maximum atomic E-state index is 13.9. The summed E-state index contributed by atoms with van der Waals surface area (Å²) in [6, 6.07) is 6.42. The fraction of sp³-hybridized carbons (Fsp3) is 0. The van der Waals surface area contributed by atoms with Crippen LogP contribution >= 0.6 is 27.5 Å². The van der Waals surface area contributed by atoms with Crippen LogP contribution in [0.1, 0.15) is 5.56 Å². The van der Waals surface area contributed by atoms with E-state index in [0.29, 0.717) is 4.47 Å². The standard InChI is InChI=1S/C13H8BrClF2N2O2/c14-7-1-2-8(15)11(5-7)21-12-9(16)3-6(4-10(12)17)13(18)19-20/h1-5,20H,(H2,18,19). The van der Waals surface area contributed by atoms with Crippen molar-refractivity contribution >= 4 is 33.4 Å². The van der Waals surface area contributed by atoms with E-state index in [0.717, 1.165) is 12.1 Å². The minimum atomic E-state index is -1.01. The Bertz CT molecular complexity index is 702. The van der Waals surface area contributed by atoms with Crippen molar-refractivity contribution in [1.82, 2.24) is 0 Å². The molecule has 0 radical (unpaired) electrons. The van der Waals surface area contributed by atoms with E-state index >= 15 is 0 Å². The van der Waals surface area contributed by atoms with Gasteiger partial charge in [-0.15, -0.1) is 0 Å². The van der Waals surface area contributed by atoms with Gasteiger partial charge in [0.05, 0.1) is 5.02 Å². The largest absolute Gasteiger partial charge is 0.450 e. The van der Waals surface area contributed by atoms with Crippen LogP contribution < -0.4 is 10.5 Å². The van der Waals surface area contributed by atoms with Crippen molar-refractivity contribution in [3.05, 3.63) is 57.0 Å². The predicted molar refractivity (Wildman–Crippen MR) is 78.1 cm³/mol. The summed E-state index contributed by atoms with van der Waals surface area (Å²) in [7, 11) is 0. The molecule has 0 aromatic heterocycles. The maximum Gasteiger partial charge on any atom is 0.198 e. The Morgan fingerprint density at radius 1 is 1.24 bits per heavy atom. The molecule has 0 saturated heterocycles. The topological polar surface area (TPSA) is 67.8 Å². The van der Waals surface area contributed by atoms with Gasteiger partial charge in [-0.25, -0.2) is 8.78 Å². The second-order valence-electron chi connectivity index (χ2n) is 3.93. The third-order valence-electron chi connectivity index (χ3n) is 2.51. The normalized spacial score (nSPS) is 11.5. The molecular formula is C13H8BrClF2N2O2. The van der Waals surface area contributed by atoms with Crippen LogP contribution in [0.4, 0.5) is 8.78 Å². The van der Waals surface area contributed by atoms with E-state index in [1.807, 2.05) is 0 Å². The number of hydrogen-bond acceptors (Lipinski definition) is 3. The van der Waals surface area contributed by atoms with E-state index in [-0.39, 0.29) is 16.3 Å². The summed E-state index contributed by atoms with van der Waals surface area (Å²) in [5.41, 5.74) is 5.17. The zero-order chi connectivity index (χ0) is 15.6. The fourth-order valence-electron chi connectivity index (χ4n) is 1.53. The van der Waals surface area contributed by atoms with Crippen molar-refractivity contribution < 1.29 is 18.7 Å². The van der Waals surface area contributed by atoms with Gasteiger partial charge in [-0.1, -0.05) is 32.7 Å². The Morgan fingerprint density at radius 2 is 1.86 bits per heavy atom.